The molecule has 0 saturated heterocycles. The molecule has 0 aromatic rings. The van der Waals surface area contributed by atoms with Crippen LogP contribution in [0.1, 0.15) is 0 Å². The Balaban J connectivity index is 2.39. The Morgan fingerprint density at radius 3 is 3.40 bits per heavy atom. The van der Waals surface area contributed by atoms with Crippen LogP contribution in [-0.4, -0.2) is 17.5 Å². The predicted octanol–water partition coefficient (Wildman–Crippen LogP) is -0.468. The minimum atomic E-state index is 0.635. The van der Waals surface area contributed by atoms with E-state index in [1.54, 1.807) is 6.20 Å². The summed E-state index contributed by atoms with van der Waals surface area (Å²) in [6.07, 6.45) is 5.61. The fourth-order valence-electron chi connectivity index (χ4n) is 1.02. The van der Waals surface area contributed by atoms with Gasteiger partial charge in [0.2, 0.25) is 0 Å². The summed E-state index contributed by atoms with van der Waals surface area (Å²) in [4.78, 5) is 4.13. The maximum Gasteiger partial charge on any atom is 0.167 e. The molecule has 0 fully saturated rings. The zero-order valence-electron chi connectivity index (χ0n) is 5.41. The smallest absolute Gasteiger partial charge is 0.167 e. The molecule has 2 rings (SSSR count). The van der Waals surface area contributed by atoms with Gasteiger partial charge in [-0.05, 0) is 12.2 Å². The fraction of sp³-hybridized carbons (Fsp3) is 0.167. The highest BCUT2D eigenvalue weighted by Crippen LogP contribution is 2.08. The second kappa shape index (κ2) is 1.85. The number of nitrogens with one attached hydrogen (secondary N) is 1. The molecule has 10 heavy (non-hydrogen) atoms. The van der Waals surface area contributed by atoms with E-state index in [0.29, 0.717) is 6.67 Å². The summed E-state index contributed by atoms with van der Waals surface area (Å²) in [6, 6.07) is 0. The van der Waals surface area contributed by atoms with E-state index < -0.39 is 0 Å². The Hall–Kier alpha value is -1.29. The third-order valence-electron chi connectivity index (χ3n) is 1.49. The number of rotatable bonds is 0. The van der Waals surface area contributed by atoms with Crippen molar-refractivity contribution in [3.05, 3.63) is 24.0 Å². The molecule has 2 aliphatic rings. The molecule has 0 radical (unpaired) electrons. The third kappa shape index (κ3) is 0.625. The molecule has 0 amide bonds. The maximum atomic E-state index is 5.55. The highest BCUT2D eigenvalue weighted by Gasteiger charge is 2.17. The van der Waals surface area contributed by atoms with Crippen LogP contribution < -0.4 is 11.2 Å². The average molecular weight is 136 g/mol. The van der Waals surface area contributed by atoms with E-state index in [2.05, 4.69) is 10.3 Å². The molecule has 0 aromatic carbocycles. The highest BCUT2D eigenvalue weighted by atomic mass is 15.4. The molecule has 0 spiro atoms. The van der Waals surface area contributed by atoms with E-state index >= 15 is 0 Å². The van der Waals surface area contributed by atoms with Crippen molar-refractivity contribution in [2.45, 2.75) is 0 Å². The van der Waals surface area contributed by atoms with Gasteiger partial charge in [0.25, 0.3) is 0 Å². The number of hydrogen-bond acceptors (Lipinski definition) is 4. The summed E-state index contributed by atoms with van der Waals surface area (Å²) in [5.41, 5.74) is 1.00. The van der Waals surface area contributed by atoms with Gasteiger partial charge in [-0.15, -0.1) is 0 Å². The minimum absolute atomic E-state index is 0.635. The first kappa shape index (κ1) is 5.49. The van der Waals surface area contributed by atoms with Crippen molar-refractivity contribution in [3.8, 4) is 0 Å². The Kier molecular flexibility index (Phi) is 1.01. The molecule has 2 aliphatic heterocycles. The Labute approximate surface area is 58.7 Å². The molecule has 52 valence electrons. The third-order valence-corrected chi connectivity index (χ3v) is 1.49. The standard InChI is InChI=1S/C6H8N4/c7-10-3-1-2-5-6(10)9-4-8-5/h1-3,8H,4,7H2. The quantitative estimate of drug-likeness (QED) is 0.443. The average Bonchev–Trinajstić information content (AvgIpc) is 2.36. The van der Waals surface area contributed by atoms with Crippen molar-refractivity contribution in [2.75, 3.05) is 6.67 Å². The van der Waals surface area contributed by atoms with Gasteiger partial charge in [0.15, 0.2) is 5.84 Å². The van der Waals surface area contributed by atoms with Gasteiger partial charge < -0.3 is 5.32 Å². The number of hydrogen-bond donors (Lipinski definition) is 2. The molecule has 0 atom stereocenters. The lowest BCUT2D eigenvalue weighted by Gasteiger charge is -2.16. The number of hydrazine groups is 1. The van der Waals surface area contributed by atoms with E-state index in [9.17, 15) is 0 Å². The van der Waals surface area contributed by atoms with Gasteiger partial charge in [-0.25, -0.2) is 10.8 Å². The van der Waals surface area contributed by atoms with E-state index in [0.717, 1.165) is 11.5 Å². The number of fused-ring (bicyclic) bond motifs is 1. The first-order valence-electron chi connectivity index (χ1n) is 3.09. The number of nitrogens with zero attached hydrogens (tertiary/aromatic N) is 2. The summed E-state index contributed by atoms with van der Waals surface area (Å²) in [5, 5.41) is 4.58. The fourth-order valence-corrected chi connectivity index (χ4v) is 1.02. The zero-order valence-corrected chi connectivity index (χ0v) is 5.41. The Morgan fingerprint density at radius 1 is 1.70 bits per heavy atom. The molecule has 0 aliphatic carbocycles. The van der Waals surface area contributed by atoms with Gasteiger partial charge in [-0.3, -0.25) is 5.01 Å². The van der Waals surface area contributed by atoms with Crippen LogP contribution in [0.15, 0.2) is 29.0 Å². The van der Waals surface area contributed by atoms with E-state index in [1.165, 1.54) is 5.01 Å². The molecule has 0 aromatic heterocycles. The van der Waals surface area contributed by atoms with Gasteiger partial charge in [0.1, 0.15) is 6.67 Å². The summed E-state index contributed by atoms with van der Waals surface area (Å²) in [5.74, 6) is 6.38. The Morgan fingerprint density at radius 2 is 2.60 bits per heavy atom. The number of amidine groups is 1. The van der Waals surface area contributed by atoms with Crippen LogP contribution in [0, 0.1) is 0 Å². The molecule has 2 heterocycles. The normalized spacial score (nSPS) is 21.5. The maximum absolute atomic E-state index is 5.55. The van der Waals surface area contributed by atoms with Crippen LogP contribution in [0.4, 0.5) is 0 Å². The molecule has 4 nitrogen and oxygen atoms in total. The van der Waals surface area contributed by atoms with Gasteiger partial charge in [0, 0.05) is 6.20 Å². The summed E-state index contributed by atoms with van der Waals surface area (Å²) in [6.45, 7) is 0.635. The molecule has 4 heteroatoms. The van der Waals surface area contributed by atoms with Gasteiger partial charge in [-0.2, -0.15) is 0 Å². The van der Waals surface area contributed by atoms with Crippen molar-refractivity contribution >= 4 is 5.84 Å². The lowest BCUT2D eigenvalue weighted by atomic mass is 10.3. The van der Waals surface area contributed by atoms with Crippen LogP contribution in [0.2, 0.25) is 0 Å². The van der Waals surface area contributed by atoms with Gasteiger partial charge in [0.05, 0.1) is 5.70 Å². The van der Waals surface area contributed by atoms with E-state index in [1.807, 2.05) is 12.2 Å². The molecule has 3 N–H and O–H groups in total. The Bertz CT molecular complexity index is 238. The summed E-state index contributed by atoms with van der Waals surface area (Å²) in [7, 11) is 0. The lowest BCUT2D eigenvalue weighted by Crippen LogP contribution is -2.35. The number of allylic oxidation sites excluding steroid dienone is 2. The van der Waals surface area contributed by atoms with Gasteiger partial charge in [-0.1, -0.05) is 0 Å². The predicted molar refractivity (Wildman–Crippen MR) is 38.7 cm³/mol. The van der Waals surface area contributed by atoms with Crippen LogP contribution in [0.3, 0.4) is 0 Å². The molecular formula is C6H8N4. The van der Waals surface area contributed by atoms with E-state index in [4.69, 9.17) is 5.84 Å². The second-order valence-electron chi connectivity index (χ2n) is 2.15. The van der Waals surface area contributed by atoms with Crippen molar-refractivity contribution in [1.82, 2.24) is 10.3 Å². The lowest BCUT2D eigenvalue weighted by molar-refractivity contribution is 0.594. The zero-order chi connectivity index (χ0) is 6.97. The van der Waals surface area contributed by atoms with E-state index in [-0.39, 0.29) is 0 Å². The summed E-state index contributed by atoms with van der Waals surface area (Å²) < 4.78 is 0. The van der Waals surface area contributed by atoms with Crippen LogP contribution in [0.5, 0.6) is 0 Å². The van der Waals surface area contributed by atoms with Crippen molar-refractivity contribution in [1.29, 1.82) is 0 Å². The first-order chi connectivity index (χ1) is 4.88. The highest BCUT2D eigenvalue weighted by molar-refractivity contribution is 6.00. The van der Waals surface area contributed by atoms with Crippen molar-refractivity contribution < 1.29 is 0 Å². The SMILES string of the molecule is NN1C=CC=C2NCN=C21. The summed E-state index contributed by atoms with van der Waals surface area (Å²) >= 11 is 0. The monoisotopic (exact) mass is 136 g/mol. The molecular weight excluding hydrogens is 128 g/mol. The molecule has 0 unspecified atom stereocenters. The second-order valence-corrected chi connectivity index (χ2v) is 2.15. The number of aliphatic imine (C=N–C) groups is 1. The first-order valence-corrected chi connectivity index (χ1v) is 3.09. The number of nitrogens with two attached hydrogens (primary N) is 1. The minimum Gasteiger partial charge on any atom is -0.363 e. The largest absolute Gasteiger partial charge is 0.363 e. The van der Waals surface area contributed by atoms with Crippen LogP contribution >= 0.6 is 0 Å². The van der Waals surface area contributed by atoms with Crippen molar-refractivity contribution in [2.24, 2.45) is 10.8 Å². The van der Waals surface area contributed by atoms with Crippen molar-refractivity contribution in [3.63, 3.8) is 0 Å². The molecule has 0 bridgehead atoms. The van der Waals surface area contributed by atoms with Crippen LogP contribution in [-0.2, 0) is 0 Å². The van der Waals surface area contributed by atoms with Gasteiger partial charge >= 0.3 is 0 Å². The van der Waals surface area contributed by atoms with Crippen LogP contribution in [0.25, 0.3) is 0 Å². The topological polar surface area (TPSA) is 53.6 Å². The molecule has 0 saturated carbocycles.